The van der Waals surface area contributed by atoms with Crippen LogP contribution in [0.15, 0.2) is 67.0 Å². The van der Waals surface area contributed by atoms with Gasteiger partial charge in [-0.2, -0.15) is 9.78 Å². The number of carbonyl (C=O) groups excluding carboxylic acids is 1. The molecular weight excluding hydrogens is 388 g/mol. The number of benzene rings is 2. The Bertz CT molecular complexity index is 1610. The van der Waals surface area contributed by atoms with Crippen molar-refractivity contribution < 1.29 is 18.7 Å². The summed E-state index contributed by atoms with van der Waals surface area (Å²) in [6.45, 7) is 1.63. The summed E-state index contributed by atoms with van der Waals surface area (Å²) in [7, 11) is 0. The summed E-state index contributed by atoms with van der Waals surface area (Å²) in [6.07, 6.45) is -0.155. The Labute approximate surface area is 167 Å². The van der Waals surface area contributed by atoms with Crippen LogP contribution >= 0.6 is 0 Å². The Hall–Kier alpha value is -4.20. The molecule has 8 nitrogen and oxygen atoms in total. The number of aromatic hydroxyl groups is 1. The fraction of sp³-hybridized carbons (Fsp3) is 0.0909. The molecule has 0 bridgehead atoms. The summed E-state index contributed by atoms with van der Waals surface area (Å²) < 4.78 is 11.7. The summed E-state index contributed by atoms with van der Waals surface area (Å²) in [5.41, 5.74) is 0.502. The highest BCUT2D eigenvalue weighted by Crippen LogP contribution is 2.26. The van der Waals surface area contributed by atoms with Crippen LogP contribution in [0.1, 0.15) is 16.1 Å². The Morgan fingerprint density at radius 2 is 1.83 bits per heavy atom. The fourth-order valence-corrected chi connectivity index (χ4v) is 3.71. The van der Waals surface area contributed by atoms with Crippen LogP contribution in [0.2, 0.25) is 0 Å². The number of carbonyl (C=O) groups is 1. The molecule has 0 saturated carbocycles. The van der Waals surface area contributed by atoms with E-state index in [9.17, 15) is 19.5 Å². The second-order valence-corrected chi connectivity index (χ2v) is 6.95. The van der Waals surface area contributed by atoms with Crippen molar-refractivity contribution in [3.05, 3.63) is 80.6 Å². The molecule has 0 spiro atoms. The Kier molecular flexibility index (Phi) is 3.82. The molecule has 3 heterocycles. The molecule has 0 aliphatic carbocycles. The lowest BCUT2D eigenvalue weighted by Crippen LogP contribution is -2.17. The van der Waals surface area contributed by atoms with Gasteiger partial charge in [0.1, 0.15) is 22.3 Å². The summed E-state index contributed by atoms with van der Waals surface area (Å²) in [4.78, 5) is 37.6. The molecule has 0 fully saturated rings. The first-order valence-electron chi connectivity index (χ1n) is 9.12. The van der Waals surface area contributed by atoms with Crippen molar-refractivity contribution in [2.24, 2.45) is 0 Å². The molecule has 0 aliphatic rings. The zero-order chi connectivity index (χ0) is 21.0. The van der Waals surface area contributed by atoms with Gasteiger partial charge < -0.3 is 13.9 Å². The highest BCUT2D eigenvalue weighted by molar-refractivity contribution is 6.07. The minimum atomic E-state index is -0.636. The third-order valence-electron chi connectivity index (χ3n) is 5.00. The molecular formula is C22H14N2O6. The molecule has 0 aliphatic heterocycles. The van der Waals surface area contributed by atoms with Crippen LogP contribution < -0.4 is 11.3 Å². The molecule has 30 heavy (non-hydrogen) atoms. The van der Waals surface area contributed by atoms with E-state index in [1.165, 1.54) is 22.9 Å². The van der Waals surface area contributed by atoms with Crippen molar-refractivity contribution in [3.63, 3.8) is 0 Å². The van der Waals surface area contributed by atoms with E-state index in [1.54, 1.807) is 37.3 Å². The maximum Gasteiger partial charge on any atom is 0.347 e. The van der Waals surface area contributed by atoms with Gasteiger partial charge in [0.05, 0.1) is 17.6 Å². The molecule has 0 radical (unpaired) electrons. The van der Waals surface area contributed by atoms with Crippen molar-refractivity contribution in [2.45, 2.75) is 13.3 Å². The first-order chi connectivity index (χ1) is 14.4. The lowest BCUT2D eigenvalue weighted by atomic mass is 10.1. The molecule has 0 unspecified atom stereocenters. The first-order valence-corrected chi connectivity index (χ1v) is 9.12. The van der Waals surface area contributed by atoms with Crippen molar-refractivity contribution in [2.75, 3.05) is 0 Å². The average molecular weight is 402 g/mol. The standard InChI is InChI=1S/C22H14N2O6/c1-11-20-21(15-4-2-3-5-16(15)30-22(20)28)24(23-11)18(26)8-12-9-19(27)29-17-10-13(25)6-7-14(12)17/h2-7,9-10,25H,8H2,1H3. The van der Waals surface area contributed by atoms with Gasteiger partial charge in [0.25, 0.3) is 5.91 Å². The largest absolute Gasteiger partial charge is 0.508 e. The molecule has 1 N–H and O–H groups in total. The summed E-state index contributed by atoms with van der Waals surface area (Å²) >= 11 is 0. The second kappa shape index (κ2) is 6.41. The van der Waals surface area contributed by atoms with Gasteiger partial charge in [0.2, 0.25) is 0 Å². The van der Waals surface area contributed by atoms with Gasteiger partial charge in [-0.25, -0.2) is 9.59 Å². The smallest absolute Gasteiger partial charge is 0.347 e. The van der Waals surface area contributed by atoms with Crippen LogP contribution in [0.25, 0.3) is 32.8 Å². The lowest BCUT2D eigenvalue weighted by Gasteiger charge is -2.07. The highest BCUT2D eigenvalue weighted by atomic mass is 16.4. The first kappa shape index (κ1) is 17.9. The second-order valence-electron chi connectivity index (χ2n) is 6.95. The molecule has 8 heteroatoms. The number of aryl methyl sites for hydroxylation is 1. The van der Waals surface area contributed by atoms with E-state index >= 15 is 0 Å². The quantitative estimate of drug-likeness (QED) is 0.451. The number of aromatic nitrogens is 2. The predicted octanol–water partition coefficient (Wildman–Crippen LogP) is 3.15. The number of phenols is 1. The maximum atomic E-state index is 13.2. The molecule has 2 aromatic carbocycles. The SMILES string of the molecule is Cc1nn(C(=O)Cc2cc(=O)oc3cc(O)ccc23)c2c1c(=O)oc1ccccc12. The van der Waals surface area contributed by atoms with E-state index in [2.05, 4.69) is 5.10 Å². The fourth-order valence-electron chi connectivity index (χ4n) is 3.71. The van der Waals surface area contributed by atoms with Crippen LogP contribution in [-0.2, 0) is 6.42 Å². The minimum absolute atomic E-state index is 0.0546. The third kappa shape index (κ3) is 2.69. The van der Waals surface area contributed by atoms with E-state index in [0.29, 0.717) is 33.1 Å². The molecule has 5 rings (SSSR count). The molecule has 5 aromatic rings. The average Bonchev–Trinajstić information content (AvgIpc) is 3.06. The van der Waals surface area contributed by atoms with Gasteiger partial charge in [-0.05, 0) is 36.8 Å². The van der Waals surface area contributed by atoms with E-state index in [0.717, 1.165) is 0 Å². The van der Waals surface area contributed by atoms with E-state index in [-0.39, 0.29) is 23.1 Å². The van der Waals surface area contributed by atoms with Gasteiger partial charge in [-0.3, -0.25) is 4.79 Å². The molecule has 0 atom stereocenters. The van der Waals surface area contributed by atoms with Gasteiger partial charge >= 0.3 is 11.3 Å². The topological polar surface area (TPSA) is 116 Å². The molecule has 0 saturated heterocycles. The highest BCUT2D eigenvalue weighted by Gasteiger charge is 2.21. The lowest BCUT2D eigenvalue weighted by molar-refractivity contribution is 0.0904. The summed E-state index contributed by atoms with van der Waals surface area (Å²) in [5.74, 6) is -0.482. The van der Waals surface area contributed by atoms with Crippen LogP contribution in [0.3, 0.4) is 0 Å². The van der Waals surface area contributed by atoms with E-state index < -0.39 is 17.2 Å². The molecule has 0 amide bonds. The Balaban J connectivity index is 1.71. The third-order valence-corrected chi connectivity index (χ3v) is 5.00. The van der Waals surface area contributed by atoms with E-state index in [4.69, 9.17) is 8.83 Å². The van der Waals surface area contributed by atoms with Gasteiger partial charge in [0, 0.05) is 22.9 Å². The summed E-state index contributed by atoms with van der Waals surface area (Å²) in [6, 6.07) is 12.5. The number of rotatable bonds is 2. The van der Waals surface area contributed by atoms with Gasteiger partial charge in [-0.15, -0.1) is 0 Å². The van der Waals surface area contributed by atoms with Gasteiger partial charge in [0.15, 0.2) is 0 Å². The zero-order valence-corrected chi connectivity index (χ0v) is 15.7. The van der Waals surface area contributed by atoms with Crippen molar-refractivity contribution in [1.29, 1.82) is 0 Å². The van der Waals surface area contributed by atoms with Crippen molar-refractivity contribution in [1.82, 2.24) is 9.78 Å². The Morgan fingerprint density at radius 1 is 1.03 bits per heavy atom. The molecule has 148 valence electrons. The molecule has 3 aromatic heterocycles. The Morgan fingerprint density at radius 3 is 2.67 bits per heavy atom. The van der Waals surface area contributed by atoms with Crippen LogP contribution in [0.4, 0.5) is 0 Å². The maximum absolute atomic E-state index is 13.2. The number of para-hydroxylation sites is 1. The van der Waals surface area contributed by atoms with Crippen LogP contribution in [0.5, 0.6) is 5.75 Å². The van der Waals surface area contributed by atoms with Crippen LogP contribution in [0, 0.1) is 6.92 Å². The number of hydrogen-bond acceptors (Lipinski definition) is 7. The zero-order valence-electron chi connectivity index (χ0n) is 15.7. The number of fused-ring (bicyclic) bond motifs is 4. The number of hydrogen-bond donors (Lipinski definition) is 1. The number of phenolic OH excluding ortho intramolecular Hbond substituents is 1. The normalized spacial score (nSPS) is 11.5. The van der Waals surface area contributed by atoms with E-state index in [1.807, 2.05) is 0 Å². The minimum Gasteiger partial charge on any atom is -0.508 e. The van der Waals surface area contributed by atoms with Crippen LogP contribution in [-0.4, -0.2) is 20.8 Å². The predicted molar refractivity (Wildman–Crippen MR) is 109 cm³/mol. The monoisotopic (exact) mass is 402 g/mol. The number of nitrogens with zero attached hydrogens (tertiary/aromatic N) is 2. The summed E-state index contributed by atoms with van der Waals surface area (Å²) in [5, 5.41) is 15.3. The van der Waals surface area contributed by atoms with Crippen molar-refractivity contribution in [3.8, 4) is 5.75 Å². The van der Waals surface area contributed by atoms with Crippen molar-refractivity contribution >= 4 is 38.7 Å². The van der Waals surface area contributed by atoms with Gasteiger partial charge in [-0.1, -0.05) is 12.1 Å².